The van der Waals surface area contributed by atoms with Crippen LogP contribution in [0.4, 0.5) is 0 Å². The van der Waals surface area contributed by atoms with Crippen molar-refractivity contribution in [2.75, 3.05) is 19.6 Å². The van der Waals surface area contributed by atoms with Gasteiger partial charge in [-0.3, -0.25) is 4.79 Å². The lowest BCUT2D eigenvalue weighted by Gasteiger charge is -2.25. The minimum Gasteiger partial charge on any atom is -0.459 e. The fourth-order valence-corrected chi connectivity index (χ4v) is 1.83. The van der Waals surface area contributed by atoms with Crippen LogP contribution in [0.25, 0.3) is 0 Å². The van der Waals surface area contributed by atoms with Gasteiger partial charge in [-0.1, -0.05) is 6.92 Å². The Kier molecular flexibility index (Phi) is 3.93. The average Bonchev–Trinajstić information content (AvgIpc) is 2.90. The van der Waals surface area contributed by atoms with Crippen LogP contribution in [0, 0.1) is 0 Å². The minimum absolute atomic E-state index is 0.291. The van der Waals surface area contributed by atoms with Crippen LogP contribution in [0.2, 0.25) is 0 Å². The van der Waals surface area contributed by atoms with E-state index in [0.717, 1.165) is 38.2 Å². The Balaban J connectivity index is 1.83. The molecule has 2 rings (SSSR count). The predicted octanol–water partition coefficient (Wildman–Crippen LogP) is 1.48. The second-order valence-corrected chi connectivity index (χ2v) is 4.03. The van der Waals surface area contributed by atoms with Gasteiger partial charge in [-0.15, -0.1) is 0 Å². The molecule has 0 radical (unpaired) electrons. The summed E-state index contributed by atoms with van der Waals surface area (Å²) in [7, 11) is 0. The van der Waals surface area contributed by atoms with E-state index in [1.54, 1.807) is 12.1 Å². The van der Waals surface area contributed by atoms with Crippen LogP contribution in [0.15, 0.2) is 27.9 Å². The zero-order valence-corrected chi connectivity index (χ0v) is 9.98. The van der Waals surface area contributed by atoms with E-state index in [9.17, 15) is 4.79 Å². The quantitative estimate of drug-likeness (QED) is 0.807. The van der Waals surface area contributed by atoms with Gasteiger partial charge in [-0.25, -0.2) is 5.43 Å². The molecule has 1 aromatic heterocycles. The van der Waals surface area contributed by atoms with Gasteiger partial charge >= 0.3 is 5.91 Å². The maximum absolute atomic E-state index is 11.5. The summed E-state index contributed by atoms with van der Waals surface area (Å²) in [6.07, 6.45) is 3.32. The molecule has 1 fully saturated rings. The molecule has 5 nitrogen and oxygen atoms in total. The molecule has 0 atom stereocenters. The second kappa shape index (κ2) is 5.63. The summed E-state index contributed by atoms with van der Waals surface area (Å²) in [6, 6.07) is 3.30. The third kappa shape index (κ3) is 3.17. The maximum atomic E-state index is 11.5. The van der Waals surface area contributed by atoms with E-state index in [4.69, 9.17) is 4.42 Å². The summed E-state index contributed by atoms with van der Waals surface area (Å²) >= 11 is 0. The summed E-state index contributed by atoms with van der Waals surface area (Å²) in [5.41, 5.74) is 3.57. The molecule has 0 aromatic carbocycles. The van der Waals surface area contributed by atoms with Gasteiger partial charge in [0.15, 0.2) is 5.76 Å². The van der Waals surface area contributed by atoms with E-state index < -0.39 is 0 Å². The van der Waals surface area contributed by atoms with E-state index >= 15 is 0 Å². The first-order valence-electron chi connectivity index (χ1n) is 5.91. The first kappa shape index (κ1) is 11.9. The van der Waals surface area contributed by atoms with E-state index in [1.807, 2.05) is 0 Å². The molecule has 2 heterocycles. The summed E-state index contributed by atoms with van der Waals surface area (Å²) in [5.74, 6) is 0.000709. The number of hydrazone groups is 1. The molecule has 0 unspecified atom stereocenters. The fourth-order valence-electron chi connectivity index (χ4n) is 1.83. The normalized spacial score (nSPS) is 16.9. The van der Waals surface area contributed by atoms with Gasteiger partial charge in [-0.05, 0) is 18.7 Å². The number of nitrogens with zero attached hydrogens (tertiary/aromatic N) is 2. The highest BCUT2D eigenvalue weighted by Gasteiger charge is 2.14. The lowest BCUT2D eigenvalue weighted by Crippen LogP contribution is -2.34. The smallest absolute Gasteiger partial charge is 0.307 e. The summed E-state index contributed by atoms with van der Waals surface area (Å²) in [6.45, 7) is 5.27. The molecule has 17 heavy (non-hydrogen) atoms. The van der Waals surface area contributed by atoms with Crippen LogP contribution in [0.1, 0.15) is 30.3 Å². The Morgan fingerprint density at radius 2 is 2.29 bits per heavy atom. The highest BCUT2D eigenvalue weighted by atomic mass is 16.3. The van der Waals surface area contributed by atoms with Crippen LogP contribution in [0.5, 0.6) is 0 Å². The Bertz CT molecular complexity index is 388. The third-order valence-electron chi connectivity index (χ3n) is 2.94. The highest BCUT2D eigenvalue weighted by molar-refractivity contribution is 5.93. The largest absolute Gasteiger partial charge is 0.459 e. The average molecular weight is 235 g/mol. The van der Waals surface area contributed by atoms with Gasteiger partial charge in [0.1, 0.15) is 0 Å². The number of likely N-dealkylation sites (tertiary alicyclic amines) is 1. The molecule has 1 N–H and O–H groups in total. The molecule has 92 valence electrons. The standard InChI is InChI=1S/C12H17N3O2/c1-2-15-7-5-10(6-8-15)13-14-12(16)11-4-3-9-17-11/h3-4,9H,2,5-8H2,1H3,(H,14,16). The topological polar surface area (TPSA) is 57.8 Å². The summed E-state index contributed by atoms with van der Waals surface area (Å²) < 4.78 is 4.98. The van der Waals surface area contributed by atoms with Gasteiger partial charge in [0.25, 0.3) is 0 Å². The van der Waals surface area contributed by atoms with Crippen molar-refractivity contribution >= 4 is 11.6 Å². The monoisotopic (exact) mass is 235 g/mol. The number of furan rings is 1. The van der Waals surface area contributed by atoms with Crippen molar-refractivity contribution in [1.82, 2.24) is 10.3 Å². The number of nitrogens with one attached hydrogen (secondary N) is 1. The second-order valence-electron chi connectivity index (χ2n) is 4.03. The Labute approximate surface area is 100 Å². The number of carbonyl (C=O) groups is 1. The van der Waals surface area contributed by atoms with Gasteiger partial charge in [0.05, 0.1) is 6.26 Å². The van der Waals surface area contributed by atoms with Crippen LogP contribution < -0.4 is 5.43 Å². The van der Waals surface area contributed by atoms with Gasteiger partial charge < -0.3 is 9.32 Å². The first-order chi connectivity index (χ1) is 8.29. The van der Waals surface area contributed by atoms with Gasteiger partial charge in [-0.2, -0.15) is 5.10 Å². The lowest BCUT2D eigenvalue weighted by atomic mass is 10.1. The molecular formula is C12H17N3O2. The minimum atomic E-state index is -0.291. The number of amides is 1. The fraction of sp³-hybridized carbons (Fsp3) is 0.500. The highest BCUT2D eigenvalue weighted by Crippen LogP contribution is 2.06. The maximum Gasteiger partial charge on any atom is 0.307 e. The third-order valence-corrected chi connectivity index (χ3v) is 2.94. The van der Waals surface area contributed by atoms with Gasteiger partial charge in [0.2, 0.25) is 0 Å². The Morgan fingerprint density at radius 1 is 1.53 bits per heavy atom. The molecule has 0 spiro atoms. The number of rotatable bonds is 3. The van der Waals surface area contributed by atoms with Crippen molar-refractivity contribution in [2.24, 2.45) is 5.10 Å². The van der Waals surface area contributed by atoms with Crippen LogP contribution in [-0.2, 0) is 0 Å². The van der Waals surface area contributed by atoms with Crippen molar-refractivity contribution in [3.05, 3.63) is 24.2 Å². The number of hydrogen-bond donors (Lipinski definition) is 1. The molecular weight excluding hydrogens is 218 g/mol. The zero-order valence-electron chi connectivity index (χ0n) is 9.98. The zero-order chi connectivity index (χ0) is 12.1. The number of carbonyl (C=O) groups excluding carboxylic acids is 1. The van der Waals surface area contributed by atoms with Gasteiger partial charge in [0, 0.05) is 31.6 Å². The lowest BCUT2D eigenvalue weighted by molar-refractivity contribution is 0.0926. The van der Waals surface area contributed by atoms with E-state index in [-0.39, 0.29) is 5.91 Å². The number of piperidine rings is 1. The van der Waals surface area contributed by atoms with E-state index in [0.29, 0.717) is 5.76 Å². The number of hydrogen-bond acceptors (Lipinski definition) is 4. The predicted molar refractivity (Wildman–Crippen MR) is 65.0 cm³/mol. The van der Waals surface area contributed by atoms with E-state index in [1.165, 1.54) is 6.26 Å². The molecule has 0 bridgehead atoms. The van der Waals surface area contributed by atoms with Crippen LogP contribution >= 0.6 is 0 Å². The van der Waals surface area contributed by atoms with Crippen molar-refractivity contribution in [3.8, 4) is 0 Å². The molecule has 1 amide bonds. The molecule has 1 aliphatic heterocycles. The molecule has 0 aliphatic carbocycles. The molecule has 0 saturated carbocycles. The van der Waals surface area contributed by atoms with Crippen molar-refractivity contribution in [2.45, 2.75) is 19.8 Å². The first-order valence-corrected chi connectivity index (χ1v) is 5.91. The van der Waals surface area contributed by atoms with Crippen LogP contribution in [0.3, 0.4) is 0 Å². The SMILES string of the molecule is CCN1CCC(=NNC(=O)c2ccco2)CC1. The van der Waals surface area contributed by atoms with Crippen molar-refractivity contribution in [1.29, 1.82) is 0 Å². The Morgan fingerprint density at radius 3 is 2.88 bits per heavy atom. The summed E-state index contributed by atoms with van der Waals surface area (Å²) in [5, 5.41) is 4.14. The molecule has 1 saturated heterocycles. The van der Waals surface area contributed by atoms with Crippen LogP contribution in [-0.4, -0.2) is 36.2 Å². The van der Waals surface area contributed by atoms with Crippen molar-refractivity contribution in [3.63, 3.8) is 0 Å². The molecule has 1 aliphatic rings. The molecule has 1 aromatic rings. The van der Waals surface area contributed by atoms with E-state index in [2.05, 4.69) is 22.4 Å². The summed E-state index contributed by atoms with van der Waals surface area (Å²) in [4.78, 5) is 13.9. The molecule has 5 heteroatoms. The Hall–Kier alpha value is -1.62. The van der Waals surface area contributed by atoms with Crippen molar-refractivity contribution < 1.29 is 9.21 Å².